The molecule has 3 aromatic rings. The molecule has 0 saturated heterocycles. The van der Waals surface area contributed by atoms with Crippen LogP contribution in [0.3, 0.4) is 0 Å². The van der Waals surface area contributed by atoms with Crippen LogP contribution in [0.25, 0.3) is 22.7 Å². The average molecular weight is 330 g/mol. The zero-order valence-corrected chi connectivity index (χ0v) is 12.4. The van der Waals surface area contributed by atoms with E-state index in [1.807, 2.05) is 48.5 Å². The molecular formula is C16H12BrNO2. The third-order valence-corrected chi connectivity index (χ3v) is 3.63. The number of aromatic nitrogens is 1. The van der Waals surface area contributed by atoms with Gasteiger partial charge in [0.25, 0.3) is 0 Å². The molecule has 20 heavy (non-hydrogen) atoms. The molecule has 0 radical (unpaired) electrons. The lowest BCUT2D eigenvalue weighted by Crippen LogP contribution is -1.85. The number of halogens is 1. The van der Waals surface area contributed by atoms with Crippen LogP contribution in [0, 0.1) is 0 Å². The molecular weight excluding hydrogens is 318 g/mol. The summed E-state index contributed by atoms with van der Waals surface area (Å²) < 4.78 is 11.7. The third kappa shape index (κ3) is 2.47. The maximum absolute atomic E-state index is 5.55. The van der Waals surface area contributed by atoms with Crippen LogP contribution < -0.4 is 4.74 Å². The van der Waals surface area contributed by atoms with E-state index >= 15 is 0 Å². The molecule has 1 aromatic heterocycles. The lowest BCUT2D eigenvalue weighted by Gasteiger charge is -2.03. The Labute approximate surface area is 125 Å². The van der Waals surface area contributed by atoms with E-state index in [2.05, 4.69) is 20.9 Å². The number of rotatable bonds is 3. The number of methoxy groups -OCH3 is 1. The van der Waals surface area contributed by atoms with Gasteiger partial charge in [0, 0.05) is 15.6 Å². The van der Waals surface area contributed by atoms with E-state index in [9.17, 15) is 0 Å². The van der Waals surface area contributed by atoms with Crippen LogP contribution >= 0.6 is 15.9 Å². The highest BCUT2D eigenvalue weighted by atomic mass is 79.9. The van der Waals surface area contributed by atoms with Gasteiger partial charge in [0.15, 0.2) is 0 Å². The van der Waals surface area contributed by atoms with Crippen LogP contribution in [0.15, 0.2) is 63.7 Å². The van der Waals surface area contributed by atoms with Gasteiger partial charge in [0.1, 0.15) is 17.7 Å². The van der Waals surface area contributed by atoms with Crippen LogP contribution in [-0.2, 0) is 0 Å². The van der Waals surface area contributed by atoms with Crippen molar-refractivity contribution in [2.75, 3.05) is 7.11 Å². The van der Waals surface area contributed by atoms with Crippen LogP contribution in [0.5, 0.6) is 5.75 Å². The molecule has 0 spiro atoms. The van der Waals surface area contributed by atoms with E-state index in [4.69, 9.17) is 9.15 Å². The first-order chi connectivity index (χ1) is 9.78. The van der Waals surface area contributed by atoms with Crippen molar-refractivity contribution >= 4 is 15.9 Å². The summed E-state index contributed by atoms with van der Waals surface area (Å²) in [5, 5.41) is 0. The fourth-order valence-corrected chi connectivity index (χ4v) is 2.50. The van der Waals surface area contributed by atoms with Gasteiger partial charge in [-0.3, -0.25) is 0 Å². The Hall–Kier alpha value is -2.07. The number of hydrogen-bond donors (Lipinski definition) is 0. The van der Waals surface area contributed by atoms with Gasteiger partial charge in [-0.05, 0) is 46.3 Å². The molecule has 100 valence electrons. The predicted molar refractivity (Wildman–Crippen MR) is 81.6 cm³/mol. The molecule has 0 aliphatic rings. The van der Waals surface area contributed by atoms with E-state index in [1.54, 1.807) is 13.4 Å². The molecule has 0 unspecified atom stereocenters. The molecule has 0 amide bonds. The Morgan fingerprint density at radius 3 is 2.60 bits per heavy atom. The highest BCUT2D eigenvalue weighted by molar-refractivity contribution is 9.10. The Morgan fingerprint density at radius 1 is 1.10 bits per heavy atom. The van der Waals surface area contributed by atoms with E-state index < -0.39 is 0 Å². The fourth-order valence-electron chi connectivity index (χ4n) is 1.94. The highest BCUT2D eigenvalue weighted by Gasteiger charge is 2.11. The summed E-state index contributed by atoms with van der Waals surface area (Å²) in [4.78, 5) is 4.53. The van der Waals surface area contributed by atoms with Gasteiger partial charge in [0.2, 0.25) is 5.89 Å². The van der Waals surface area contributed by atoms with Crippen molar-refractivity contribution in [3.63, 3.8) is 0 Å². The first-order valence-electron chi connectivity index (χ1n) is 6.13. The van der Waals surface area contributed by atoms with Crippen molar-refractivity contribution in [2.24, 2.45) is 0 Å². The average Bonchev–Trinajstić information content (AvgIpc) is 2.97. The van der Waals surface area contributed by atoms with Crippen molar-refractivity contribution in [1.82, 2.24) is 4.98 Å². The maximum atomic E-state index is 5.55. The Balaban J connectivity index is 1.98. The monoisotopic (exact) mass is 329 g/mol. The van der Waals surface area contributed by atoms with E-state index in [0.29, 0.717) is 5.89 Å². The summed E-state index contributed by atoms with van der Waals surface area (Å²) >= 11 is 3.53. The molecule has 0 bridgehead atoms. The van der Waals surface area contributed by atoms with Gasteiger partial charge in [-0.25, -0.2) is 4.98 Å². The number of ether oxygens (including phenoxy) is 1. The van der Waals surface area contributed by atoms with Crippen molar-refractivity contribution in [2.45, 2.75) is 0 Å². The topological polar surface area (TPSA) is 35.3 Å². The first-order valence-corrected chi connectivity index (χ1v) is 6.92. The van der Waals surface area contributed by atoms with Crippen LogP contribution in [0.2, 0.25) is 0 Å². The largest absolute Gasteiger partial charge is 0.497 e. The standard InChI is InChI=1S/C16H12BrNO2/c1-19-12-7-8-13(14(17)9-12)15-10-20-16(18-15)11-5-3-2-4-6-11/h2-10H,1H3. The second-order valence-corrected chi connectivity index (χ2v) is 5.10. The molecule has 4 heteroatoms. The normalized spacial score (nSPS) is 10.5. The first kappa shape index (κ1) is 12.9. The molecule has 0 N–H and O–H groups in total. The highest BCUT2D eigenvalue weighted by Crippen LogP contribution is 2.32. The summed E-state index contributed by atoms with van der Waals surface area (Å²) in [6.07, 6.45) is 1.66. The lowest BCUT2D eigenvalue weighted by molar-refractivity contribution is 0.414. The molecule has 0 saturated carbocycles. The molecule has 0 aliphatic carbocycles. The third-order valence-electron chi connectivity index (χ3n) is 2.98. The number of benzene rings is 2. The molecule has 0 fully saturated rings. The van der Waals surface area contributed by atoms with Crippen molar-refractivity contribution in [1.29, 1.82) is 0 Å². The summed E-state index contributed by atoms with van der Waals surface area (Å²) in [5.41, 5.74) is 2.72. The zero-order chi connectivity index (χ0) is 13.9. The van der Waals surface area contributed by atoms with Crippen LogP contribution in [0.1, 0.15) is 0 Å². The second kappa shape index (κ2) is 5.51. The minimum atomic E-state index is 0.614. The van der Waals surface area contributed by atoms with Gasteiger partial charge in [0.05, 0.1) is 7.11 Å². The minimum absolute atomic E-state index is 0.614. The Morgan fingerprint density at radius 2 is 1.90 bits per heavy atom. The summed E-state index contributed by atoms with van der Waals surface area (Å²) in [6.45, 7) is 0. The Kier molecular flexibility index (Phi) is 3.56. The van der Waals surface area contributed by atoms with Crippen LogP contribution in [0.4, 0.5) is 0 Å². The van der Waals surface area contributed by atoms with Crippen LogP contribution in [-0.4, -0.2) is 12.1 Å². The van der Waals surface area contributed by atoms with Crippen molar-refractivity contribution in [3.05, 3.63) is 59.3 Å². The summed E-state index contributed by atoms with van der Waals surface area (Å²) in [6, 6.07) is 15.6. The van der Waals surface area contributed by atoms with E-state index in [1.165, 1.54) is 0 Å². The van der Waals surface area contributed by atoms with Gasteiger partial charge >= 0.3 is 0 Å². The molecule has 0 aliphatic heterocycles. The minimum Gasteiger partial charge on any atom is -0.497 e. The van der Waals surface area contributed by atoms with Crippen molar-refractivity contribution < 1.29 is 9.15 Å². The molecule has 3 rings (SSSR count). The SMILES string of the molecule is COc1ccc(-c2coc(-c3ccccc3)n2)c(Br)c1. The number of nitrogens with zero attached hydrogens (tertiary/aromatic N) is 1. The number of hydrogen-bond acceptors (Lipinski definition) is 3. The smallest absolute Gasteiger partial charge is 0.226 e. The summed E-state index contributed by atoms with van der Waals surface area (Å²) in [5.74, 6) is 1.41. The fraction of sp³-hybridized carbons (Fsp3) is 0.0625. The van der Waals surface area contributed by atoms with Crippen molar-refractivity contribution in [3.8, 4) is 28.5 Å². The van der Waals surface area contributed by atoms with E-state index in [0.717, 1.165) is 27.0 Å². The van der Waals surface area contributed by atoms with Gasteiger partial charge in [-0.2, -0.15) is 0 Å². The van der Waals surface area contributed by atoms with E-state index in [-0.39, 0.29) is 0 Å². The van der Waals surface area contributed by atoms with Gasteiger partial charge in [-0.15, -0.1) is 0 Å². The zero-order valence-electron chi connectivity index (χ0n) is 10.8. The van der Waals surface area contributed by atoms with Gasteiger partial charge < -0.3 is 9.15 Å². The Bertz CT molecular complexity index is 722. The predicted octanol–water partition coefficient (Wildman–Crippen LogP) is 4.78. The molecule has 0 atom stereocenters. The number of oxazole rings is 1. The maximum Gasteiger partial charge on any atom is 0.226 e. The second-order valence-electron chi connectivity index (χ2n) is 4.25. The molecule has 3 nitrogen and oxygen atoms in total. The molecule has 1 heterocycles. The summed E-state index contributed by atoms with van der Waals surface area (Å²) in [7, 11) is 1.64. The van der Waals surface area contributed by atoms with Gasteiger partial charge in [-0.1, -0.05) is 18.2 Å². The lowest BCUT2D eigenvalue weighted by atomic mass is 10.1. The molecule has 2 aromatic carbocycles. The quantitative estimate of drug-likeness (QED) is 0.693.